The van der Waals surface area contributed by atoms with Crippen molar-refractivity contribution in [1.29, 1.82) is 0 Å². The third-order valence-electron chi connectivity index (χ3n) is 4.57. The van der Waals surface area contributed by atoms with Crippen LogP contribution in [0.3, 0.4) is 0 Å². The lowest BCUT2D eigenvalue weighted by Gasteiger charge is -2.20. The van der Waals surface area contributed by atoms with Crippen molar-refractivity contribution in [2.75, 3.05) is 20.7 Å². The van der Waals surface area contributed by atoms with Crippen molar-refractivity contribution in [2.24, 2.45) is 0 Å². The molecule has 1 atom stereocenters. The number of ether oxygens (including phenoxy) is 1. The van der Waals surface area contributed by atoms with E-state index in [2.05, 4.69) is 15.5 Å². The van der Waals surface area contributed by atoms with E-state index in [-0.39, 0.29) is 30.2 Å². The van der Waals surface area contributed by atoms with Gasteiger partial charge in [-0.3, -0.25) is 14.6 Å². The highest BCUT2D eigenvalue weighted by Crippen LogP contribution is 2.28. The lowest BCUT2D eigenvalue weighted by molar-refractivity contribution is -0.130. The summed E-state index contributed by atoms with van der Waals surface area (Å²) in [6, 6.07) is 12.2. The zero-order valence-corrected chi connectivity index (χ0v) is 17.2. The van der Waals surface area contributed by atoms with Crippen LogP contribution in [-0.4, -0.2) is 47.6 Å². The first kappa shape index (κ1) is 21.0. The number of para-hydroxylation sites is 1. The Labute approximate surface area is 174 Å². The quantitative estimate of drug-likeness (QED) is 0.615. The van der Waals surface area contributed by atoms with Gasteiger partial charge in [-0.05, 0) is 24.6 Å². The normalized spacial score (nSPS) is 11.6. The first-order valence-corrected chi connectivity index (χ1v) is 9.59. The molecule has 0 saturated heterocycles. The molecule has 0 aliphatic heterocycles. The van der Waals surface area contributed by atoms with E-state index in [9.17, 15) is 9.59 Å². The van der Waals surface area contributed by atoms with E-state index in [1.165, 1.54) is 4.90 Å². The zero-order valence-electron chi connectivity index (χ0n) is 17.2. The van der Waals surface area contributed by atoms with Crippen molar-refractivity contribution in [3.05, 3.63) is 66.1 Å². The molecule has 1 unspecified atom stereocenters. The Kier molecular flexibility index (Phi) is 6.79. The van der Waals surface area contributed by atoms with E-state index in [0.29, 0.717) is 17.9 Å². The number of carbonyl (C=O) groups is 2. The highest BCUT2D eigenvalue weighted by Gasteiger charge is 2.21. The van der Waals surface area contributed by atoms with Crippen LogP contribution in [-0.2, 0) is 4.79 Å². The number of hydrogen-bond acceptors (Lipinski definition) is 6. The molecule has 0 aliphatic rings. The Morgan fingerprint density at radius 2 is 1.90 bits per heavy atom. The van der Waals surface area contributed by atoms with E-state index >= 15 is 0 Å². The Bertz CT molecular complexity index is 1000. The minimum absolute atomic E-state index is 0.0764. The molecule has 0 aliphatic carbocycles. The smallest absolute Gasteiger partial charge is 0.273 e. The van der Waals surface area contributed by atoms with E-state index in [0.717, 1.165) is 11.1 Å². The molecular weight excluding hydrogens is 384 g/mol. The molecule has 2 heterocycles. The fourth-order valence-corrected chi connectivity index (χ4v) is 2.83. The summed E-state index contributed by atoms with van der Waals surface area (Å²) in [5.74, 6) is 0.539. The molecule has 30 heavy (non-hydrogen) atoms. The van der Waals surface area contributed by atoms with Gasteiger partial charge < -0.3 is 19.5 Å². The summed E-state index contributed by atoms with van der Waals surface area (Å²) >= 11 is 0. The van der Waals surface area contributed by atoms with Gasteiger partial charge >= 0.3 is 0 Å². The average molecular weight is 408 g/mol. The second kappa shape index (κ2) is 9.69. The maximum Gasteiger partial charge on any atom is 0.273 e. The average Bonchev–Trinajstić information content (AvgIpc) is 3.27. The van der Waals surface area contributed by atoms with E-state index < -0.39 is 0 Å². The van der Waals surface area contributed by atoms with Gasteiger partial charge in [-0.2, -0.15) is 0 Å². The van der Waals surface area contributed by atoms with Crippen LogP contribution < -0.4 is 10.1 Å². The van der Waals surface area contributed by atoms with Gasteiger partial charge in [-0.25, -0.2) is 0 Å². The van der Waals surface area contributed by atoms with E-state index in [4.69, 9.17) is 9.26 Å². The lowest BCUT2D eigenvalue weighted by Crippen LogP contribution is -2.30. The summed E-state index contributed by atoms with van der Waals surface area (Å²) in [4.78, 5) is 30.0. The largest absolute Gasteiger partial charge is 0.483 e. The number of benzene rings is 1. The molecule has 3 rings (SSSR count). The zero-order chi connectivity index (χ0) is 21.5. The van der Waals surface area contributed by atoms with E-state index in [1.54, 1.807) is 50.8 Å². The molecule has 0 radical (unpaired) electrons. The highest BCUT2D eigenvalue weighted by molar-refractivity contribution is 5.93. The van der Waals surface area contributed by atoms with Crippen LogP contribution in [0.15, 0.2) is 59.4 Å². The number of nitrogens with zero attached hydrogens (tertiary/aromatic N) is 3. The van der Waals surface area contributed by atoms with Gasteiger partial charge in [0.15, 0.2) is 18.1 Å². The second-order valence-corrected chi connectivity index (χ2v) is 6.86. The van der Waals surface area contributed by atoms with Crippen LogP contribution in [0.25, 0.3) is 11.3 Å². The molecule has 8 heteroatoms. The van der Waals surface area contributed by atoms with Crippen LogP contribution in [0, 0.1) is 0 Å². The number of pyridine rings is 1. The van der Waals surface area contributed by atoms with Gasteiger partial charge in [0.25, 0.3) is 11.8 Å². The number of hydrogen-bond donors (Lipinski definition) is 1. The lowest BCUT2D eigenvalue weighted by atomic mass is 10.0. The molecule has 0 fully saturated rings. The molecule has 0 saturated carbocycles. The first-order valence-electron chi connectivity index (χ1n) is 9.59. The Morgan fingerprint density at radius 3 is 2.60 bits per heavy atom. The molecule has 1 aromatic carbocycles. The van der Waals surface area contributed by atoms with Crippen molar-refractivity contribution in [2.45, 2.75) is 19.4 Å². The molecule has 1 N–H and O–H groups in total. The van der Waals surface area contributed by atoms with Gasteiger partial charge in [-0.1, -0.05) is 30.3 Å². The molecule has 2 amide bonds. The van der Waals surface area contributed by atoms with Gasteiger partial charge in [0.2, 0.25) is 0 Å². The Hall–Kier alpha value is -3.68. The summed E-state index contributed by atoms with van der Waals surface area (Å²) < 4.78 is 11.0. The van der Waals surface area contributed by atoms with Crippen LogP contribution in [0.4, 0.5) is 0 Å². The van der Waals surface area contributed by atoms with Gasteiger partial charge in [0.1, 0.15) is 5.75 Å². The van der Waals surface area contributed by atoms with Crippen molar-refractivity contribution in [3.63, 3.8) is 0 Å². The number of rotatable bonds is 8. The molecule has 0 spiro atoms. The number of likely N-dealkylation sites (N-methyl/N-ethyl adjacent to an activating group) is 1. The minimum atomic E-state index is -0.356. The summed E-state index contributed by atoms with van der Waals surface area (Å²) in [7, 11) is 3.34. The first-order chi connectivity index (χ1) is 14.5. The molecule has 0 bridgehead atoms. The van der Waals surface area contributed by atoms with Crippen molar-refractivity contribution in [3.8, 4) is 17.1 Å². The van der Waals surface area contributed by atoms with Crippen molar-refractivity contribution in [1.82, 2.24) is 20.4 Å². The standard InChI is InChI=1S/C22H24N4O4/c1-4-17(16-7-5-6-8-19(16)29-14-21(27)26(2)3)24-22(28)18-13-20(30-25-18)15-9-11-23-12-10-15/h5-13,17H,4,14H2,1-3H3,(H,24,28). The van der Waals surface area contributed by atoms with Gasteiger partial charge in [-0.15, -0.1) is 0 Å². The Balaban J connectivity index is 1.73. The second-order valence-electron chi connectivity index (χ2n) is 6.86. The summed E-state index contributed by atoms with van der Waals surface area (Å²) in [5.41, 5.74) is 1.76. The maximum atomic E-state index is 12.8. The number of carbonyl (C=O) groups excluding carboxylic acids is 2. The third kappa shape index (κ3) is 5.02. The predicted octanol–water partition coefficient (Wildman–Crippen LogP) is 3.08. The van der Waals surface area contributed by atoms with Gasteiger partial charge in [0.05, 0.1) is 6.04 Å². The number of aromatic nitrogens is 2. The van der Waals surface area contributed by atoms with Crippen LogP contribution in [0.1, 0.15) is 35.4 Å². The minimum Gasteiger partial charge on any atom is -0.483 e. The topological polar surface area (TPSA) is 97.6 Å². The van der Waals surface area contributed by atoms with E-state index in [1.807, 2.05) is 25.1 Å². The SMILES string of the molecule is CCC(NC(=O)c1cc(-c2ccncc2)on1)c1ccccc1OCC(=O)N(C)C. The van der Waals surface area contributed by atoms with Crippen LogP contribution in [0.5, 0.6) is 5.75 Å². The fourth-order valence-electron chi connectivity index (χ4n) is 2.83. The van der Waals surface area contributed by atoms with Crippen LogP contribution >= 0.6 is 0 Å². The number of amides is 2. The highest BCUT2D eigenvalue weighted by atomic mass is 16.5. The molecule has 3 aromatic rings. The Morgan fingerprint density at radius 1 is 1.17 bits per heavy atom. The third-order valence-corrected chi connectivity index (χ3v) is 4.57. The van der Waals surface area contributed by atoms with Gasteiger partial charge in [0, 0.05) is 43.7 Å². The summed E-state index contributed by atoms with van der Waals surface area (Å²) in [6.07, 6.45) is 3.91. The molecular formula is C22H24N4O4. The maximum absolute atomic E-state index is 12.8. The predicted molar refractivity (Wildman–Crippen MR) is 111 cm³/mol. The van der Waals surface area contributed by atoms with Crippen molar-refractivity contribution < 1.29 is 18.8 Å². The fraction of sp³-hybridized carbons (Fsp3) is 0.273. The number of nitrogens with one attached hydrogen (secondary N) is 1. The van der Waals surface area contributed by atoms with Crippen molar-refractivity contribution >= 4 is 11.8 Å². The summed E-state index contributed by atoms with van der Waals surface area (Å²) in [5, 5.41) is 6.85. The molecule has 8 nitrogen and oxygen atoms in total. The summed E-state index contributed by atoms with van der Waals surface area (Å²) in [6.45, 7) is 1.88. The monoisotopic (exact) mass is 408 g/mol. The van der Waals surface area contributed by atoms with Crippen LogP contribution in [0.2, 0.25) is 0 Å². The molecule has 156 valence electrons. The molecule has 2 aromatic heterocycles.